The Labute approximate surface area is 204 Å². The van der Waals surface area contributed by atoms with E-state index in [-0.39, 0.29) is 12.1 Å². The number of imide groups is 2. The number of anilines is 1. The minimum Gasteiger partial charge on any atom is -0.367 e. The molecule has 0 unspecified atom stereocenters. The second-order valence-electron chi connectivity index (χ2n) is 8.91. The van der Waals surface area contributed by atoms with E-state index < -0.39 is 17.8 Å². The molecule has 1 saturated heterocycles. The number of urea groups is 1. The summed E-state index contributed by atoms with van der Waals surface area (Å²) in [7, 11) is 0. The van der Waals surface area contributed by atoms with Crippen LogP contribution in [0.25, 0.3) is 6.08 Å². The largest absolute Gasteiger partial charge is 0.367 e. The van der Waals surface area contributed by atoms with Crippen molar-refractivity contribution in [2.75, 3.05) is 18.0 Å². The van der Waals surface area contributed by atoms with Crippen LogP contribution in [0.3, 0.4) is 0 Å². The summed E-state index contributed by atoms with van der Waals surface area (Å²) in [6.07, 6.45) is 4.11. The fourth-order valence-corrected chi connectivity index (χ4v) is 4.70. The third kappa shape index (κ3) is 5.01. The molecule has 0 aliphatic carbocycles. The van der Waals surface area contributed by atoms with Crippen molar-refractivity contribution < 1.29 is 14.4 Å². The van der Waals surface area contributed by atoms with Gasteiger partial charge in [-0.3, -0.25) is 19.8 Å². The van der Waals surface area contributed by atoms with E-state index in [9.17, 15) is 14.4 Å². The number of aryl methyl sites for hydroxylation is 1. The summed E-state index contributed by atoms with van der Waals surface area (Å²) in [6, 6.07) is 25.4. The summed E-state index contributed by atoms with van der Waals surface area (Å²) in [5, 5.41) is 2.31. The molecule has 2 heterocycles. The molecule has 1 fully saturated rings. The van der Waals surface area contributed by atoms with Crippen molar-refractivity contribution in [2.24, 2.45) is 0 Å². The first-order valence-electron chi connectivity index (χ1n) is 11.9. The lowest BCUT2D eigenvalue weighted by Crippen LogP contribution is -2.54. The van der Waals surface area contributed by atoms with Crippen LogP contribution < -0.4 is 10.2 Å². The van der Waals surface area contributed by atoms with E-state index in [4.69, 9.17) is 0 Å². The predicted octanol–water partition coefficient (Wildman–Crippen LogP) is 4.34. The topological polar surface area (TPSA) is 69.7 Å². The van der Waals surface area contributed by atoms with Gasteiger partial charge in [-0.15, -0.1) is 0 Å². The lowest BCUT2D eigenvalue weighted by atomic mass is 9.97. The van der Waals surface area contributed by atoms with E-state index in [0.29, 0.717) is 6.42 Å². The number of fused-ring (bicyclic) bond motifs is 1. The molecule has 4 amide bonds. The van der Waals surface area contributed by atoms with Gasteiger partial charge in [-0.05, 0) is 59.7 Å². The van der Waals surface area contributed by atoms with Crippen molar-refractivity contribution in [2.45, 2.75) is 25.8 Å². The predicted molar refractivity (Wildman–Crippen MR) is 136 cm³/mol. The van der Waals surface area contributed by atoms with Crippen LogP contribution in [0, 0.1) is 0 Å². The highest BCUT2D eigenvalue weighted by Gasteiger charge is 2.35. The number of carbonyl (C=O) groups is 3. The van der Waals surface area contributed by atoms with Gasteiger partial charge in [0.2, 0.25) is 0 Å². The molecule has 0 spiro atoms. The Kier molecular flexibility index (Phi) is 6.44. The van der Waals surface area contributed by atoms with Gasteiger partial charge in [0, 0.05) is 25.3 Å². The van der Waals surface area contributed by atoms with Crippen LogP contribution in [0.5, 0.6) is 0 Å². The van der Waals surface area contributed by atoms with Crippen molar-refractivity contribution in [1.82, 2.24) is 10.2 Å². The minimum atomic E-state index is -0.671. The van der Waals surface area contributed by atoms with Crippen LogP contribution in [0.15, 0.2) is 84.4 Å². The van der Waals surface area contributed by atoms with Crippen molar-refractivity contribution in [1.29, 1.82) is 0 Å². The smallest absolute Gasteiger partial charge is 0.331 e. The summed E-state index contributed by atoms with van der Waals surface area (Å²) >= 11 is 0. The fraction of sp³-hybridized carbons (Fsp3) is 0.207. The van der Waals surface area contributed by atoms with E-state index in [1.807, 2.05) is 48.5 Å². The summed E-state index contributed by atoms with van der Waals surface area (Å²) < 4.78 is 0. The second-order valence-corrected chi connectivity index (χ2v) is 8.91. The molecule has 0 atom stereocenters. The van der Waals surface area contributed by atoms with Crippen molar-refractivity contribution in [3.63, 3.8) is 0 Å². The Morgan fingerprint density at radius 2 is 1.57 bits per heavy atom. The molecule has 35 heavy (non-hydrogen) atoms. The zero-order valence-corrected chi connectivity index (χ0v) is 19.4. The highest BCUT2D eigenvalue weighted by atomic mass is 16.2. The van der Waals surface area contributed by atoms with Crippen molar-refractivity contribution in [3.05, 3.63) is 107 Å². The number of carbonyl (C=O) groups excluding carboxylic acids is 3. The molecular weight excluding hydrogens is 438 g/mol. The lowest BCUT2D eigenvalue weighted by Gasteiger charge is -2.32. The molecule has 2 aliphatic rings. The van der Waals surface area contributed by atoms with Crippen LogP contribution in [0.2, 0.25) is 0 Å². The van der Waals surface area contributed by atoms with Crippen LogP contribution in [-0.4, -0.2) is 35.8 Å². The Balaban J connectivity index is 1.35. The van der Waals surface area contributed by atoms with Gasteiger partial charge >= 0.3 is 6.03 Å². The number of rotatable bonds is 6. The van der Waals surface area contributed by atoms with E-state index in [1.54, 1.807) is 6.08 Å². The lowest BCUT2D eigenvalue weighted by molar-refractivity contribution is -0.130. The van der Waals surface area contributed by atoms with E-state index in [0.717, 1.165) is 42.0 Å². The van der Waals surface area contributed by atoms with Crippen molar-refractivity contribution >= 4 is 29.6 Å². The maximum atomic E-state index is 13.1. The standard InChI is InChI=1S/C29H27N3O3/c33-27-25(28(34)32(29(35)30-27)17-15-21-8-3-1-4-9-21)19-23-13-14-26-24(18-23)12-7-16-31(26)20-22-10-5-2-6-11-22/h1-6,8-11,13-14,18-19H,7,12,15-17,20H2,(H,30,33,35)/b25-19+. The highest BCUT2D eigenvalue weighted by molar-refractivity contribution is 6.31. The third-order valence-electron chi connectivity index (χ3n) is 6.50. The maximum Gasteiger partial charge on any atom is 0.331 e. The molecule has 3 aromatic carbocycles. The summed E-state index contributed by atoms with van der Waals surface area (Å²) in [6.45, 7) is 2.04. The molecule has 6 heteroatoms. The molecular formula is C29H27N3O3. The van der Waals surface area contributed by atoms with E-state index in [2.05, 4.69) is 40.5 Å². The summed E-state index contributed by atoms with van der Waals surface area (Å²) in [4.78, 5) is 41.4. The number of barbiturate groups is 1. The first-order valence-corrected chi connectivity index (χ1v) is 11.9. The van der Waals surface area contributed by atoms with E-state index >= 15 is 0 Å². The highest BCUT2D eigenvalue weighted by Crippen LogP contribution is 2.30. The first-order chi connectivity index (χ1) is 17.1. The zero-order valence-electron chi connectivity index (χ0n) is 19.4. The monoisotopic (exact) mass is 465 g/mol. The first kappa shape index (κ1) is 22.6. The van der Waals surface area contributed by atoms with Gasteiger partial charge in [-0.1, -0.05) is 66.7 Å². The maximum absolute atomic E-state index is 13.1. The molecule has 5 rings (SSSR count). The average molecular weight is 466 g/mol. The second kappa shape index (κ2) is 9.97. The molecule has 0 aromatic heterocycles. The number of nitrogens with one attached hydrogen (secondary N) is 1. The van der Waals surface area contributed by atoms with Crippen LogP contribution in [-0.2, 0) is 29.0 Å². The average Bonchev–Trinajstić information content (AvgIpc) is 2.88. The number of hydrogen-bond donors (Lipinski definition) is 1. The Morgan fingerprint density at radius 3 is 2.31 bits per heavy atom. The van der Waals surface area contributed by atoms with E-state index in [1.165, 1.54) is 16.8 Å². The molecule has 3 aromatic rings. The number of hydrogen-bond acceptors (Lipinski definition) is 4. The SMILES string of the molecule is O=C1NC(=O)N(CCc2ccccc2)C(=O)/C1=C/c1ccc2c(c1)CCCN2Cc1ccccc1. The number of amides is 4. The van der Waals surface area contributed by atoms with Gasteiger partial charge in [0.1, 0.15) is 5.57 Å². The van der Waals surface area contributed by atoms with Gasteiger partial charge < -0.3 is 4.90 Å². The zero-order chi connectivity index (χ0) is 24.2. The Morgan fingerprint density at radius 1 is 0.857 bits per heavy atom. The van der Waals surface area contributed by atoms with Gasteiger partial charge in [0.15, 0.2) is 0 Å². The molecule has 0 bridgehead atoms. The summed E-state index contributed by atoms with van der Waals surface area (Å²) in [5.74, 6) is -1.21. The molecule has 2 aliphatic heterocycles. The van der Waals surface area contributed by atoms with Crippen LogP contribution in [0.4, 0.5) is 10.5 Å². The Hall–Kier alpha value is -4.19. The fourth-order valence-electron chi connectivity index (χ4n) is 4.70. The normalized spacial score (nSPS) is 16.9. The van der Waals surface area contributed by atoms with Gasteiger partial charge in [0.25, 0.3) is 11.8 Å². The van der Waals surface area contributed by atoms with Crippen LogP contribution in [0.1, 0.15) is 28.7 Å². The van der Waals surface area contributed by atoms with Gasteiger partial charge in [0.05, 0.1) is 0 Å². The molecule has 1 N–H and O–H groups in total. The van der Waals surface area contributed by atoms with Crippen molar-refractivity contribution in [3.8, 4) is 0 Å². The molecule has 176 valence electrons. The molecule has 0 saturated carbocycles. The molecule has 0 radical (unpaired) electrons. The summed E-state index contributed by atoms with van der Waals surface area (Å²) in [5.41, 5.74) is 5.42. The van der Waals surface area contributed by atoms with Crippen LogP contribution >= 0.6 is 0 Å². The van der Waals surface area contributed by atoms with Gasteiger partial charge in [-0.2, -0.15) is 0 Å². The Bertz CT molecular complexity index is 1290. The minimum absolute atomic E-state index is 0.0189. The van der Waals surface area contributed by atoms with Gasteiger partial charge in [-0.25, -0.2) is 4.79 Å². The molecule has 6 nitrogen and oxygen atoms in total. The third-order valence-corrected chi connectivity index (χ3v) is 6.50. The number of benzene rings is 3. The number of nitrogens with zero attached hydrogens (tertiary/aromatic N) is 2. The quantitative estimate of drug-likeness (QED) is 0.434.